The van der Waals surface area contributed by atoms with Gasteiger partial charge in [0.1, 0.15) is 5.82 Å². The first-order valence-electron chi connectivity index (χ1n) is 9.74. The molecule has 0 atom stereocenters. The lowest BCUT2D eigenvalue weighted by Gasteiger charge is -2.11. The maximum Gasteiger partial charge on any atom is 0.255 e. The Balaban J connectivity index is 1.54. The van der Waals surface area contributed by atoms with Crippen LogP contribution in [0.2, 0.25) is 0 Å². The van der Waals surface area contributed by atoms with Crippen LogP contribution in [0.15, 0.2) is 66.7 Å². The summed E-state index contributed by atoms with van der Waals surface area (Å²) in [4.78, 5) is 17.4. The largest absolute Gasteiger partial charge is 0.493 e. The highest BCUT2D eigenvalue weighted by molar-refractivity contribution is 6.04. The molecule has 30 heavy (non-hydrogen) atoms. The average Bonchev–Trinajstić information content (AvgIpc) is 3.11. The van der Waals surface area contributed by atoms with Gasteiger partial charge < -0.3 is 19.4 Å². The van der Waals surface area contributed by atoms with Crippen molar-refractivity contribution in [3.05, 3.63) is 72.3 Å². The molecule has 1 amide bonds. The summed E-state index contributed by atoms with van der Waals surface area (Å²) in [5.41, 5.74) is 4.22. The summed E-state index contributed by atoms with van der Waals surface area (Å²) in [6.07, 6.45) is 0. The van der Waals surface area contributed by atoms with Crippen molar-refractivity contribution in [1.29, 1.82) is 0 Å². The quantitative estimate of drug-likeness (QED) is 0.499. The van der Waals surface area contributed by atoms with Crippen molar-refractivity contribution in [3.8, 4) is 22.9 Å². The summed E-state index contributed by atoms with van der Waals surface area (Å²) in [7, 11) is 3.57. The Kier molecular flexibility index (Phi) is 5.39. The molecule has 152 valence electrons. The van der Waals surface area contributed by atoms with E-state index in [4.69, 9.17) is 14.5 Å². The number of hydrogen-bond donors (Lipinski definition) is 1. The zero-order valence-corrected chi connectivity index (χ0v) is 17.2. The minimum atomic E-state index is -0.214. The second-order valence-corrected chi connectivity index (χ2v) is 6.81. The Morgan fingerprint density at radius 2 is 1.80 bits per heavy atom. The van der Waals surface area contributed by atoms with Crippen molar-refractivity contribution in [2.45, 2.75) is 6.92 Å². The van der Waals surface area contributed by atoms with Crippen LogP contribution in [0.5, 0.6) is 11.5 Å². The molecule has 3 aromatic carbocycles. The zero-order valence-electron chi connectivity index (χ0n) is 17.2. The number of carbonyl (C=O) groups excluding carboxylic acids is 1. The van der Waals surface area contributed by atoms with Gasteiger partial charge in [0.05, 0.1) is 24.8 Å². The molecule has 0 aliphatic rings. The van der Waals surface area contributed by atoms with E-state index in [0.717, 1.165) is 22.4 Å². The van der Waals surface area contributed by atoms with Gasteiger partial charge in [0.25, 0.3) is 5.91 Å². The number of benzene rings is 3. The fourth-order valence-corrected chi connectivity index (χ4v) is 3.40. The Morgan fingerprint density at radius 1 is 1.03 bits per heavy atom. The molecule has 1 heterocycles. The van der Waals surface area contributed by atoms with E-state index in [1.54, 1.807) is 25.3 Å². The van der Waals surface area contributed by atoms with Crippen LogP contribution in [0, 0.1) is 0 Å². The van der Waals surface area contributed by atoms with Crippen LogP contribution >= 0.6 is 0 Å². The number of anilines is 1. The van der Waals surface area contributed by atoms with Gasteiger partial charge in [-0.2, -0.15) is 0 Å². The van der Waals surface area contributed by atoms with Crippen LogP contribution < -0.4 is 14.8 Å². The van der Waals surface area contributed by atoms with E-state index in [-0.39, 0.29) is 5.91 Å². The Hall–Kier alpha value is -3.80. The summed E-state index contributed by atoms with van der Waals surface area (Å²) >= 11 is 0. The van der Waals surface area contributed by atoms with Gasteiger partial charge in [-0.15, -0.1) is 0 Å². The molecule has 0 saturated carbocycles. The highest BCUT2D eigenvalue weighted by atomic mass is 16.5. The summed E-state index contributed by atoms with van der Waals surface area (Å²) in [6, 6.07) is 20.8. The maximum absolute atomic E-state index is 12.7. The van der Waals surface area contributed by atoms with E-state index in [1.807, 2.05) is 62.5 Å². The minimum Gasteiger partial charge on any atom is -0.493 e. The monoisotopic (exact) mass is 401 g/mol. The number of amides is 1. The zero-order chi connectivity index (χ0) is 21.1. The SMILES string of the molecule is CCOc1cc(C(=O)Nc2ccc(-c3nc4ccccc4n3C)cc2)ccc1OC. The smallest absolute Gasteiger partial charge is 0.255 e. The molecule has 1 N–H and O–H groups in total. The third-order valence-corrected chi connectivity index (χ3v) is 4.91. The van der Waals surface area contributed by atoms with Gasteiger partial charge in [0, 0.05) is 23.9 Å². The highest BCUT2D eigenvalue weighted by Gasteiger charge is 2.13. The van der Waals surface area contributed by atoms with Crippen molar-refractivity contribution >= 4 is 22.6 Å². The molecule has 0 aliphatic heterocycles. The molecule has 0 saturated heterocycles. The fraction of sp³-hybridized carbons (Fsp3) is 0.167. The van der Waals surface area contributed by atoms with E-state index in [0.29, 0.717) is 29.4 Å². The van der Waals surface area contributed by atoms with Crippen molar-refractivity contribution < 1.29 is 14.3 Å². The van der Waals surface area contributed by atoms with Crippen LogP contribution in [0.3, 0.4) is 0 Å². The van der Waals surface area contributed by atoms with E-state index in [1.165, 1.54) is 0 Å². The third kappa shape index (κ3) is 3.72. The van der Waals surface area contributed by atoms with E-state index >= 15 is 0 Å². The molecule has 4 rings (SSSR count). The summed E-state index contributed by atoms with van der Waals surface area (Å²) < 4.78 is 12.9. The molecule has 4 aromatic rings. The van der Waals surface area contributed by atoms with Gasteiger partial charge in [0.15, 0.2) is 11.5 Å². The summed E-state index contributed by atoms with van der Waals surface area (Å²) in [6.45, 7) is 2.38. The average molecular weight is 401 g/mol. The third-order valence-electron chi connectivity index (χ3n) is 4.91. The van der Waals surface area contributed by atoms with Gasteiger partial charge in [-0.25, -0.2) is 4.98 Å². The van der Waals surface area contributed by atoms with Crippen LogP contribution in [0.1, 0.15) is 17.3 Å². The topological polar surface area (TPSA) is 65.4 Å². The molecule has 0 aliphatic carbocycles. The van der Waals surface area contributed by atoms with Crippen molar-refractivity contribution in [2.75, 3.05) is 19.0 Å². The number of nitrogens with zero attached hydrogens (tertiary/aromatic N) is 2. The van der Waals surface area contributed by atoms with Crippen molar-refractivity contribution in [2.24, 2.45) is 7.05 Å². The van der Waals surface area contributed by atoms with Crippen LogP contribution in [-0.4, -0.2) is 29.2 Å². The van der Waals surface area contributed by atoms with Crippen molar-refractivity contribution in [1.82, 2.24) is 9.55 Å². The first kappa shape index (κ1) is 19.5. The van der Waals surface area contributed by atoms with E-state index in [2.05, 4.69) is 9.88 Å². The number of imidazole rings is 1. The van der Waals surface area contributed by atoms with Crippen LogP contribution in [-0.2, 0) is 7.05 Å². The van der Waals surface area contributed by atoms with Gasteiger partial charge in [0.2, 0.25) is 0 Å². The number of fused-ring (bicyclic) bond motifs is 1. The number of carbonyl (C=O) groups is 1. The van der Waals surface area contributed by atoms with Gasteiger partial charge in [-0.05, 0) is 61.5 Å². The Labute approximate surface area is 175 Å². The summed E-state index contributed by atoms with van der Waals surface area (Å²) in [5, 5.41) is 2.92. The molecule has 1 aromatic heterocycles. The molecule has 6 nitrogen and oxygen atoms in total. The molecular weight excluding hydrogens is 378 g/mol. The second-order valence-electron chi connectivity index (χ2n) is 6.81. The first-order chi connectivity index (χ1) is 14.6. The molecule has 0 unspecified atom stereocenters. The predicted molar refractivity (Wildman–Crippen MR) is 118 cm³/mol. The minimum absolute atomic E-state index is 0.214. The normalized spacial score (nSPS) is 10.8. The van der Waals surface area contributed by atoms with E-state index in [9.17, 15) is 4.79 Å². The Bertz CT molecular complexity index is 1200. The maximum atomic E-state index is 12.7. The number of ether oxygens (including phenoxy) is 2. The highest BCUT2D eigenvalue weighted by Crippen LogP contribution is 2.29. The lowest BCUT2D eigenvalue weighted by Crippen LogP contribution is -2.12. The second kappa shape index (κ2) is 8.29. The molecule has 0 bridgehead atoms. The molecule has 6 heteroatoms. The number of hydrogen-bond acceptors (Lipinski definition) is 4. The van der Waals surface area contributed by atoms with Gasteiger partial charge in [-0.3, -0.25) is 4.79 Å². The standard InChI is InChI=1S/C24H23N3O3/c1-4-30-22-15-17(11-14-21(22)29-3)24(28)25-18-12-9-16(10-13-18)23-26-19-7-5-6-8-20(19)27(23)2/h5-15H,4H2,1-3H3,(H,25,28). The number of aryl methyl sites for hydroxylation is 1. The van der Waals surface area contributed by atoms with Gasteiger partial charge >= 0.3 is 0 Å². The number of para-hydroxylation sites is 2. The summed E-state index contributed by atoms with van der Waals surface area (Å²) in [5.74, 6) is 1.81. The molecule has 0 fully saturated rings. The first-order valence-corrected chi connectivity index (χ1v) is 9.74. The van der Waals surface area contributed by atoms with Crippen molar-refractivity contribution in [3.63, 3.8) is 0 Å². The Morgan fingerprint density at radius 3 is 2.50 bits per heavy atom. The fourth-order valence-electron chi connectivity index (χ4n) is 3.40. The molecular formula is C24H23N3O3. The van der Waals surface area contributed by atoms with Gasteiger partial charge in [-0.1, -0.05) is 12.1 Å². The number of nitrogens with one attached hydrogen (secondary N) is 1. The predicted octanol–water partition coefficient (Wildman–Crippen LogP) is 4.90. The van der Waals surface area contributed by atoms with E-state index < -0.39 is 0 Å². The number of methoxy groups -OCH3 is 1. The molecule has 0 radical (unpaired) electrons. The van der Waals surface area contributed by atoms with Crippen LogP contribution in [0.25, 0.3) is 22.4 Å². The lowest BCUT2D eigenvalue weighted by molar-refractivity contribution is 0.102. The molecule has 0 spiro atoms. The van der Waals surface area contributed by atoms with Crippen LogP contribution in [0.4, 0.5) is 5.69 Å². The lowest BCUT2D eigenvalue weighted by atomic mass is 10.1. The number of aromatic nitrogens is 2. The number of rotatable bonds is 6.